The molecule has 0 radical (unpaired) electrons. The molecule has 0 aliphatic rings. The first kappa shape index (κ1) is 10.9. The third-order valence-electron chi connectivity index (χ3n) is 2.24. The van der Waals surface area contributed by atoms with Gasteiger partial charge >= 0.3 is 0 Å². The maximum absolute atomic E-state index is 9.18. The minimum absolute atomic E-state index is 0.233. The number of benzene rings is 2. The van der Waals surface area contributed by atoms with E-state index in [1.165, 1.54) is 0 Å². The van der Waals surface area contributed by atoms with Crippen LogP contribution in [0.3, 0.4) is 0 Å². The van der Waals surface area contributed by atoms with Gasteiger partial charge < -0.3 is 9.94 Å². The van der Waals surface area contributed by atoms with E-state index >= 15 is 0 Å². The van der Waals surface area contributed by atoms with Gasteiger partial charge in [-0.3, -0.25) is 0 Å². The number of rotatable bonds is 3. The highest BCUT2D eigenvalue weighted by atomic mass is 16.6. The number of nitrogens with zero attached hydrogens (tertiary/aromatic N) is 3. The van der Waals surface area contributed by atoms with Gasteiger partial charge in [0.25, 0.3) is 0 Å². The van der Waals surface area contributed by atoms with Crippen molar-refractivity contribution in [3.05, 3.63) is 59.0 Å². The van der Waals surface area contributed by atoms with E-state index in [2.05, 4.69) is 10.2 Å². The second-order valence-electron chi connectivity index (χ2n) is 3.33. The largest absolute Gasteiger partial charge is 0.508 e. The van der Waals surface area contributed by atoms with Crippen molar-refractivity contribution in [3.63, 3.8) is 0 Å². The number of phenols is 1. The predicted molar refractivity (Wildman–Crippen MR) is 63.3 cm³/mol. The number of azide groups is 1. The molecule has 0 saturated heterocycles. The fraction of sp³-hybridized carbons (Fsp3) is 0. The van der Waals surface area contributed by atoms with Gasteiger partial charge in [0.05, 0.1) is 0 Å². The second kappa shape index (κ2) is 4.92. The van der Waals surface area contributed by atoms with Gasteiger partial charge in [-0.15, -0.1) is 0 Å². The van der Waals surface area contributed by atoms with Crippen molar-refractivity contribution in [2.24, 2.45) is 5.28 Å². The second-order valence-corrected chi connectivity index (χ2v) is 3.33. The molecule has 0 amide bonds. The summed E-state index contributed by atoms with van der Waals surface area (Å²) in [6.45, 7) is 0. The zero-order valence-electron chi connectivity index (χ0n) is 8.82. The number of hydrogen-bond donors (Lipinski definition) is 1. The molecule has 17 heavy (non-hydrogen) atoms. The molecule has 1 N–H and O–H groups in total. The fourth-order valence-electron chi connectivity index (χ4n) is 1.43. The van der Waals surface area contributed by atoms with Crippen LogP contribution >= 0.6 is 0 Å². The van der Waals surface area contributed by atoms with Crippen LogP contribution in [0.25, 0.3) is 21.6 Å². The monoisotopic (exact) mass is 227 g/mol. The Bertz CT molecular complexity index is 543. The van der Waals surface area contributed by atoms with Crippen molar-refractivity contribution in [3.8, 4) is 22.6 Å². The summed E-state index contributed by atoms with van der Waals surface area (Å²) in [6, 6.07) is 14.0. The van der Waals surface area contributed by atoms with Gasteiger partial charge in [0, 0.05) is 4.91 Å². The minimum Gasteiger partial charge on any atom is -0.508 e. The van der Waals surface area contributed by atoms with Crippen molar-refractivity contribution < 1.29 is 9.94 Å². The normalized spacial score (nSPS) is 9.41. The van der Waals surface area contributed by atoms with Crippen LogP contribution in [0, 0.1) is 0 Å². The van der Waals surface area contributed by atoms with Crippen LogP contribution in [0.1, 0.15) is 0 Å². The summed E-state index contributed by atoms with van der Waals surface area (Å²) in [5.41, 5.74) is 10.1. The number of aromatic hydroxyl groups is 1. The van der Waals surface area contributed by atoms with E-state index in [1.807, 2.05) is 24.3 Å². The Morgan fingerprint density at radius 2 is 1.47 bits per heavy atom. The SMILES string of the molecule is [N-]=[N+]=NOc1ccc(-c2ccc(O)cc2)cc1. The Hall–Kier alpha value is -2.65. The molecule has 0 fully saturated rings. The van der Waals surface area contributed by atoms with Crippen LogP contribution in [0.2, 0.25) is 0 Å². The maximum atomic E-state index is 9.18. The van der Waals surface area contributed by atoms with Crippen molar-refractivity contribution in [1.82, 2.24) is 0 Å². The van der Waals surface area contributed by atoms with Gasteiger partial charge in [0.15, 0.2) is 0 Å². The molecule has 0 aliphatic heterocycles. The average molecular weight is 227 g/mol. The van der Waals surface area contributed by atoms with E-state index in [0.29, 0.717) is 5.75 Å². The van der Waals surface area contributed by atoms with Crippen molar-refractivity contribution in [1.29, 1.82) is 0 Å². The Kier molecular flexibility index (Phi) is 3.14. The quantitative estimate of drug-likeness (QED) is 0.376. The van der Waals surface area contributed by atoms with Crippen LogP contribution < -0.4 is 4.84 Å². The average Bonchev–Trinajstić information content (AvgIpc) is 2.38. The lowest BCUT2D eigenvalue weighted by Crippen LogP contribution is -1.81. The molecule has 2 rings (SSSR count). The summed E-state index contributed by atoms with van der Waals surface area (Å²) < 4.78 is 0. The molecule has 0 aliphatic carbocycles. The number of hydrogen-bond acceptors (Lipinski definition) is 3. The Labute approximate surface area is 97.5 Å². The molecule has 0 bridgehead atoms. The topological polar surface area (TPSA) is 78.2 Å². The van der Waals surface area contributed by atoms with E-state index in [4.69, 9.17) is 10.4 Å². The molecule has 0 saturated carbocycles. The minimum atomic E-state index is 0.233. The molecule has 0 unspecified atom stereocenters. The van der Waals surface area contributed by atoms with Gasteiger partial charge in [0.1, 0.15) is 16.8 Å². The van der Waals surface area contributed by atoms with Crippen molar-refractivity contribution in [2.45, 2.75) is 0 Å². The molecule has 0 heterocycles. The van der Waals surface area contributed by atoms with Crippen LogP contribution in [0.5, 0.6) is 11.5 Å². The third kappa shape index (κ3) is 2.68. The van der Waals surface area contributed by atoms with E-state index in [-0.39, 0.29) is 5.75 Å². The zero-order valence-corrected chi connectivity index (χ0v) is 8.82. The van der Waals surface area contributed by atoms with Crippen LogP contribution in [-0.2, 0) is 0 Å². The van der Waals surface area contributed by atoms with E-state index in [1.54, 1.807) is 24.3 Å². The smallest absolute Gasteiger partial charge is 0.136 e. The highest BCUT2D eigenvalue weighted by Crippen LogP contribution is 2.24. The highest BCUT2D eigenvalue weighted by molar-refractivity contribution is 5.64. The maximum Gasteiger partial charge on any atom is 0.136 e. The zero-order chi connectivity index (χ0) is 12.1. The Balaban J connectivity index is 2.22. The predicted octanol–water partition coefficient (Wildman–Crippen LogP) is 3.66. The fourth-order valence-corrected chi connectivity index (χ4v) is 1.43. The third-order valence-corrected chi connectivity index (χ3v) is 2.24. The summed E-state index contributed by atoms with van der Waals surface area (Å²) in [6.07, 6.45) is 0. The summed E-state index contributed by atoms with van der Waals surface area (Å²) in [4.78, 5) is 7.23. The summed E-state index contributed by atoms with van der Waals surface area (Å²) in [5.74, 6) is 0.711. The van der Waals surface area contributed by atoms with Gasteiger partial charge in [0.2, 0.25) is 0 Å². The highest BCUT2D eigenvalue weighted by Gasteiger charge is 1.98. The van der Waals surface area contributed by atoms with Gasteiger partial charge in [-0.05, 0) is 40.9 Å². The molecule has 84 valence electrons. The molecule has 2 aromatic carbocycles. The van der Waals surface area contributed by atoms with Crippen molar-refractivity contribution in [2.75, 3.05) is 0 Å². The molecule has 0 spiro atoms. The molecule has 5 heteroatoms. The summed E-state index contributed by atoms with van der Waals surface area (Å²) in [5, 5.41) is 12.2. The van der Waals surface area contributed by atoms with Gasteiger partial charge in [-0.2, -0.15) is 0 Å². The lowest BCUT2D eigenvalue weighted by Gasteiger charge is -2.03. The van der Waals surface area contributed by atoms with E-state index in [0.717, 1.165) is 11.1 Å². The van der Waals surface area contributed by atoms with E-state index in [9.17, 15) is 5.11 Å². The Morgan fingerprint density at radius 1 is 0.941 bits per heavy atom. The lowest BCUT2D eigenvalue weighted by atomic mass is 10.1. The van der Waals surface area contributed by atoms with Crippen LogP contribution in [0.15, 0.2) is 53.8 Å². The van der Waals surface area contributed by atoms with Crippen LogP contribution in [-0.4, -0.2) is 5.11 Å². The first-order valence-corrected chi connectivity index (χ1v) is 4.90. The van der Waals surface area contributed by atoms with Crippen molar-refractivity contribution >= 4 is 0 Å². The molecule has 0 aromatic heterocycles. The molecular weight excluding hydrogens is 218 g/mol. The summed E-state index contributed by atoms with van der Waals surface area (Å²) in [7, 11) is 0. The first-order valence-electron chi connectivity index (χ1n) is 4.90. The summed E-state index contributed by atoms with van der Waals surface area (Å²) >= 11 is 0. The van der Waals surface area contributed by atoms with Gasteiger partial charge in [-0.1, -0.05) is 24.3 Å². The standard InChI is InChI=1S/C12H9N3O2/c13-14-15-17-12-7-3-10(4-8-12)9-1-5-11(16)6-2-9/h1-8,16H. The van der Waals surface area contributed by atoms with Gasteiger partial charge in [-0.25, -0.2) is 0 Å². The van der Waals surface area contributed by atoms with Crippen LogP contribution in [0.4, 0.5) is 0 Å². The lowest BCUT2D eigenvalue weighted by molar-refractivity contribution is 0.333. The Morgan fingerprint density at radius 3 is 2.00 bits per heavy atom. The first-order chi connectivity index (χ1) is 8.29. The molecule has 0 atom stereocenters. The molecule has 5 nitrogen and oxygen atoms in total. The number of phenolic OH excluding ortho intramolecular Hbond substituents is 1. The van der Waals surface area contributed by atoms with E-state index < -0.39 is 0 Å². The molecular formula is C12H9N3O2. The molecule has 2 aromatic rings.